The second-order valence-corrected chi connectivity index (χ2v) is 8.05. The Morgan fingerprint density at radius 3 is 2.48 bits per heavy atom. The maximum atomic E-state index is 13.0. The van der Waals surface area contributed by atoms with Gasteiger partial charge in [0.15, 0.2) is 11.5 Å². The van der Waals surface area contributed by atoms with Crippen LogP contribution in [0.25, 0.3) is 0 Å². The summed E-state index contributed by atoms with van der Waals surface area (Å²) in [5.74, 6) is 0.821. The Kier molecular flexibility index (Phi) is 7.91. The number of likely N-dealkylation sites (N-methyl/N-ethyl adjacent to an activating group) is 1. The molecule has 1 N–H and O–H groups in total. The van der Waals surface area contributed by atoms with Gasteiger partial charge in [-0.05, 0) is 48.9 Å². The highest BCUT2D eigenvalue weighted by molar-refractivity contribution is 7.13. The van der Waals surface area contributed by atoms with Gasteiger partial charge in [0.1, 0.15) is 10.8 Å². The number of nitrogens with one attached hydrogen (secondary N) is 1. The summed E-state index contributed by atoms with van der Waals surface area (Å²) in [6.07, 6.45) is 0.834. The van der Waals surface area contributed by atoms with E-state index < -0.39 is 0 Å². The summed E-state index contributed by atoms with van der Waals surface area (Å²) < 4.78 is 23.6. The lowest BCUT2D eigenvalue weighted by Crippen LogP contribution is -2.22. The van der Waals surface area contributed by atoms with Crippen LogP contribution in [-0.4, -0.2) is 48.8 Å². The van der Waals surface area contributed by atoms with Gasteiger partial charge >= 0.3 is 0 Å². The smallest absolute Gasteiger partial charge is 0.282 e. The molecule has 164 valence electrons. The quantitative estimate of drug-likeness (QED) is 0.517. The van der Waals surface area contributed by atoms with E-state index in [1.165, 1.54) is 23.5 Å². The molecule has 1 amide bonds. The van der Waals surface area contributed by atoms with E-state index in [1.54, 1.807) is 26.4 Å². The molecule has 0 unspecified atom stereocenters. The summed E-state index contributed by atoms with van der Waals surface area (Å²) in [7, 11) is 5.23. The molecule has 9 heteroatoms. The zero-order valence-corrected chi connectivity index (χ0v) is 18.5. The zero-order valence-electron chi connectivity index (χ0n) is 17.7. The highest BCUT2D eigenvalue weighted by Gasteiger charge is 2.14. The van der Waals surface area contributed by atoms with Gasteiger partial charge in [-0.1, -0.05) is 29.5 Å². The number of methoxy groups -OCH3 is 2. The molecule has 0 saturated carbocycles. The van der Waals surface area contributed by atoms with Crippen molar-refractivity contribution in [3.8, 4) is 11.5 Å². The van der Waals surface area contributed by atoms with E-state index in [2.05, 4.69) is 20.4 Å². The fraction of sp³-hybridized carbons (Fsp3) is 0.318. The molecule has 2 aromatic carbocycles. The molecule has 1 heterocycles. The normalized spacial score (nSPS) is 10.9. The van der Waals surface area contributed by atoms with E-state index in [4.69, 9.17) is 9.47 Å². The highest BCUT2D eigenvalue weighted by Crippen LogP contribution is 2.27. The first-order chi connectivity index (χ1) is 15.0. The first kappa shape index (κ1) is 22.6. The van der Waals surface area contributed by atoms with Gasteiger partial charge in [-0.3, -0.25) is 9.69 Å². The zero-order chi connectivity index (χ0) is 22.2. The van der Waals surface area contributed by atoms with Crippen molar-refractivity contribution in [3.05, 3.63) is 69.4 Å². The molecule has 7 nitrogen and oxygen atoms in total. The standard InChI is InChI=1S/C22H25FN4O3S/c1-27(11-10-15-6-9-18(29-2)19(12-15)30-3)14-20-25-26-22(31-20)21(28)24-13-16-4-7-17(23)8-5-16/h4-9,12H,10-11,13-14H2,1-3H3,(H,24,28). The Bertz CT molecular complexity index is 1010. The predicted octanol–water partition coefficient (Wildman–Crippen LogP) is 3.30. The molecule has 0 atom stereocenters. The van der Waals surface area contributed by atoms with Gasteiger partial charge in [-0.15, -0.1) is 10.2 Å². The molecule has 31 heavy (non-hydrogen) atoms. The third kappa shape index (κ3) is 6.47. The largest absolute Gasteiger partial charge is 0.493 e. The molecule has 1 aromatic heterocycles. The summed E-state index contributed by atoms with van der Waals surface area (Å²) in [4.78, 5) is 14.4. The molecule has 0 aliphatic rings. The molecule has 0 spiro atoms. The Morgan fingerprint density at radius 2 is 1.77 bits per heavy atom. The molecule has 3 rings (SSSR count). The number of hydrogen-bond donors (Lipinski definition) is 1. The van der Waals surface area contributed by atoms with Crippen molar-refractivity contribution >= 4 is 17.2 Å². The van der Waals surface area contributed by atoms with Crippen LogP contribution in [0.2, 0.25) is 0 Å². The molecule has 3 aromatic rings. The van der Waals surface area contributed by atoms with Crippen LogP contribution < -0.4 is 14.8 Å². The van der Waals surface area contributed by atoms with Gasteiger partial charge in [-0.2, -0.15) is 0 Å². The monoisotopic (exact) mass is 444 g/mol. The minimum atomic E-state index is -0.306. The number of halogens is 1. The summed E-state index contributed by atoms with van der Waals surface area (Å²) in [6.45, 7) is 1.70. The van der Waals surface area contributed by atoms with Crippen molar-refractivity contribution in [2.24, 2.45) is 0 Å². The summed E-state index contributed by atoms with van der Waals surface area (Å²) in [6, 6.07) is 11.9. The van der Waals surface area contributed by atoms with Gasteiger partial charge < -0.3 is 14.8 Å². The van der Waals surface area contributed by atoms with Crippen molar-refractivity contribution in [1.82, 2.24) is 20.4 Å². The summed E-state index contributed by atoms with van der Waals surface area (Å²) in [5, 5.41) is 12.0. The van der Waals surface area contributed by atoms with Gasteiger partial charge in [0, 0.05) is 13.1 Å². The van der Waals surface area contributed by atoms with E-state index >= 15 is 0 Å². The summed E-state index contributed by atoms with van der Waals surface area (Å²) in [5.41, 5.74) is 1.96. The topological polar surface area (TPSA) is 76.6 Å². The summed E-state index contributed by atoms with van der Waals surface area (Å²) >= 11 is 1.27. The Morgan fingerprint density at radius 1 is 1.06 bits per heavy atom. The van der Waals surface area contributed by atoms with Gasteiger partial charge in [0.25, 0.3) is 5.91 Å². The lowest BCUT2D eigenvalue weighted by Gasteiger charge is -2.15. The van der Waals surface area contributed by atoms with Gasteiger partial charge in [0.05, 0.1) is 20.8 Å². The SMILES string of the molecule is COc1ccc(CCN(C)Cc2nnc(C(=O)NCc3ccc(F)cc3)s2)cc1OC. The molecular formula is C22H25FN4O3S. The Balaban J connectivity index is 1.48. The van der Waals surface area contributed by atoms with Crippen LogP contribution in [0.3, 0.4) is 0 Å². The fourth-order valence-corrected chi connectivity index (χ4v) is 3.77. The minimum Gasteiger partial charge on any atom is -0.493 e. The number of aromatic nitrogens is 2. The average Bonchev–Trinajstić information content (AvgIpc) is 3.25. The van der Waals surface area contributed by atoms with Crippen molar-refractivity contribution < 1.29 is 18.7 Å². The molecular weight excluding hydrogens is 419 g/mol. The number of carbonyl (C=O) groups is 1. The van der Waals surface area contributed by atoms with Crippen molar-refractivity contribution in [1.29, 1.82) is 0 Å². The van der Waals surface area contributed by atoms with E-state index in [1.807, 2.05) is 25.2 Å². The number of benzene rings is 2. The lowest BCUT2D eigenvalue weighted by atomic mass is 10.1. The van der Waals surface area contributed by atoms with Crippen molar-refractivity contribution in [2.75, 3.05) is 27.8 Å². The van der Waals surface area contributed by atoms with Crippen LogP contribution in [-0.2, 0) is 19.5 Å². The first-order valence-corrected chi connectivity index (χ1v) is 10.5. The van der Waals surface area contributed by atoms with Crippen LogP contribution in [0.15, 0.2) is 42.5 Å². The molecule has 0 saturated heterocycles. The molecule has 0 aliphatic carbocycles. The number of carbonyl (C=O) groups excluding carboxylic acids is 1. The maximum absolute atomic E-state index is 13.0. The number of rotatable bonds is 10. The predicted molar refractivity (Wildman–Crippen MR) is 117 cm³/mol. The first-order valence-electron chi connectivity index (χ1n) is 9.73. The molecule has 0 fully saturated rings. The highest BCUT2D eigenvalue weighted by atomic mass is 32.1. The van der Waals surface area contributed by atoms with Crippen molar-refractivity contribution in [2.45, 2.75) is 19.5 Å². The number of hydrogen-bond acceptors (Lipinski definition) is 7. The Hall–Kier alpha value is -3.04. The van der Waals surface area contributed by atoms with E-state index in [-0.39, 0.29) is 11.7 Å². The Labute approximate surface area is 184 Å². The molecule has 0 bridgehead atoms. The van der Waals surface area contributed by atoms with E-state index in [0.29, 0.717) is 29.6 Å². The van der Waals surface area contributed by atoms with Crippen LogP contribution in [0.1, 0.15) is 25.9 Å². The number of ether oxygens (including phenoxy) is 2. The van der Waals surface area contributed by atoms with Crippen LogP contribution in [0.5, 0.6) is 11.5 Å². The van der Waals surface area contributed by atoms with Crippen LogP contribution >= 0.6 is 11.3 Å². The number of amides is 1. The third-order valence-corrected chi connectivity index (χ3v) is 5.57. The second kappa shape index (κ2) is 10.8. The second-order valence-electron chi connectivity index (χ2n) is 6.99. The maximum Gasteiger partial charge on any atom is 0.282 e. The minimum absolute atomic E-state index is 0.291. The van der Waals surface area contributed by atoms with Crippen LogP contribution in [0.4, 0.5) is 4.39 Å². The molecule has 0 radical (unpaired) electrons. The van der Waals surface area contributed by atoms with Gasteiger partial charge in [-0.25, -0.2) is 4.39 Å². The lowest BCUT2D eigenvalue weighted by molar-refractivity contribution is 0.0950. The fourth-order valence-electron chi connectivity index (χ4n) is 2.94. The van der Waals surface area contributed by atoms with E-state index in [9.17, 15) is 9.18 Å². The molecule has 0 aliphatic heterocycles. The average molecular weight is 445 g/mol. The number of nitrogens with zero attached hydrogens (tertiary/aromatic N) is 3. The third-order valence-electron chi connectivity index (χ3n) is 4.66. The van der Waals surface area contributed by atoms with E-state index in [0.717, 1.165) is 29.1 Å². The van der Waals surface area contributed by atoms with Gasteiger partial charge in [0.2, 0.25) is 5.01 Å². The van der Waals surface area contributed by atoms with Crippen molar-refractivity contribution in [3.63, 3.8) is 0 Å². The van der Waals surface area contributed by atoms with Crippen LogP contribution in [0, 0.1) is 5.82 Å².